The Kier molecular flexibility index (Phi) is 6.32. The second-order valence-corrected chi connectivity index (χ2v) is 6.26. The minimum atomic E-state index is -0.618. The highest BCUT2D eigenvalue weighted by molar-refractivity contribution is 5.97. The molecule has 2 rings (SSSR count). The molecule has 0 bridgehead atoms. The number of methoxy groups -OCH3 is 1. The summed E-state index contributed by atoms with van der Waals surface area (Å²) in [6, 6.07) is 4.05. The molecule has 2 amide bonds. The van der Waals surface area contributed by atoms with Gasteiger partial charge in [0.15, 0.2) is 5.75 Å². The molecule has 1 aliphatic carbocycles. The standard InChI is InChI=1S/C17H23N3O5/c1-11-5-3-4-6-13(11)19-16(21)10-18-17(22)12-7-8-15(25-2)14(9-12)20(23)24/h7-9,11,13H,3-6,10H2,1-2H3,(H,18,22)(H,19,21). The van der Waals surface area contributed by atoms with Gasteiger partial charge in [0.1, 0.15) is 0 Å². The molecule has 0 heterocycles. The molecule has 0 radical (unpaired) electrons. The number of carbonyl (C=O) groups is 2. The van der Waals surface area contributed by atoms with Crippen LogP contribution in [0.25, 0.3) is 0 Å². The fraction of sp³-hybridized carbons (Fsp3) is 0.529. The number of ether oxygens (including phenoxy) is 1. The molecular weight excluding hydrogens is 326 g/mol. The molecular formula is C17H23N3O5. The van der Waals surface area contributed by atoms with E-state index in [-0.39, 0.29) is 35.5 Å². The molecule has 1 aromatic carbocycles. The van der Waals surface area contributed by atoms with E-state index < -0.39 is 10.8 Å². The summed E-state index contributed by atoms with van der Waals surface area (Å²) in [7, 11) is 1.32. The summed E-state index contributed by atoms with van der Waals surface area (Å²) in [4.78, 5) is 34.5. The van der Waals surface area contributed by atoms with Gasteiger partial charge in [0.25, 0.3) is 5.91 Å². The first-order chi connectivity index (χ1) is 11.9. The van der Waals surface area contributed by atoms with Gasteiger partial charge in [-0.2, -0.15) is 0 Å². The van der Waals surface area contributed by atoms with Crippen molar-refractivity contribution in [3.63, 3.8) is 0 Å². The summed E-state index contributed by atoms with van der Waals surface area (Å²) >= 11 is 0. The second kappa shape index (κ2) is 8.46. The Hall–Kier alpha value is -2.64. The number of nitro groups is 1. The van der Waals surface area contributed by atoms with Crippen molar-refractivity contribution in [2.24, 2.45) is 5.92 Å². The second-order valence-electron chi connectivity index (χ2n) is 6.26. The normalized spacial score (nSPS) is 19.8. The van der Waals surface area contributed by atoms with Gasteiger partial charge in [-0.15, -0.1) is 0 Å². The maximum absolute atomic E-state index is 12.1. The number of hydrogen-bond acceptors (Lipinski definition) is 5. The molecule has 1 fully saturated rings. The molecule has 0 aromatic heterocycles. The first-order valence-corrected chi connectivity index (χ1v) is 8.32. The molecule has 2 N–H and O–H groups in total. The van der Waals surface area contributed by atoms with Crippen molar-refractivity contribution in [1.82, 2.24) is 10.6 Å². The van der Waals surface area contributed by atoms with Crippen LogP contribution in [0.1, 0.15) is 43.0 Å². The average molecular weight is 349 g/mol. The van der Waals surface area contributed by atoms with E-state index >= 15 is 0 Å². The summed E-state index contributed by atoms with van der Waals surface area (Å²) in [6.45, 7) is 1.95. The van der Waals surface area contributed by atoms with Crippen LogP contribution in [0.5, 0.6) is 5.75 Å². The van der Waals surface area contributed by atoms with E-state index in [0.717, 1.165) is 25.3 Å². The summed E-state index contributed by atoms with van der Waals surface area (Å²) in [6.07, 6.45) is 4.32. The third kappa shape index (κ3) is 4.91. The van der Waals surface area contributed by atoms with Crippen molar-refractivity contribution >= 4 is 17.5 Å². The molecule has 1 aromatic rings. The Labute approximate surface area is 146 Å². The summed E-state index contributed by atoms with van der Waals surface area (Å²) in [5, 5.41) is 16.4. The lowest BCUT2D eigenvalue weighted by Gasteiger charge is -2.29. The number of benzene rings is 1. The van der Waals surface area contributed by atoms with Gasteiger partial charge in [0.05, 0.1) is 18.6 Å². The van der Waals surface area contributed by atoms with Crippen molar-refractivity contribution in [2.45, 2.75) is 38.6 Å². The maximum Gasteiger partial charge on any atom is 0.311 e. The third-order valence-electron chi connectivity index (χ3n) is 4.51. The molecule has 2 unspecified atom stereocenters. The van der Waals surface area contributed by atoms with Crippen LogP contribution < -0.4 is 15.4 Å². The molecule has 0 saturated heterocycles. The topological polar surface area (TPSA) is 111 Å². The lowest BCUT2D eigenvalue weighted by molar-refractivity contribution is -0.385. The Bertz CT molecular complexity index is 662. The number of amides is 2. The summed E-state index contributed by atoms with van der Waals surface area (Å²) in [5.74, 6) is -0.295. The van der Waals surface area contributed by atoms with Crippen molar-refractivity contribution < 1.29 is 19.2 Å². The smallest absolute Gasteiger partial charge is 0.311 e. The van der Waals surface area contributed by atoms with Crippen LogP contribution in [0, 0.1) is 16.0 Å². The van der Waals surface area contributed by atoms with E-state index in [1.807, 2.05) is 0 Å². The summed E-state index contributed by atoms with van der Waals surface area (Å²) in [5.41, 5.74) is -0.193. The highest BCUT2D eigenvalue weighted by atomic mass is 16.6. The molecule has 1 saturated carbocycles. The van der Waals surface area contributed by atoms with Crippen LogP contribution in [0.3, 0.4) is 0 Å². The Morgan fingerprint density at radius 3 is 2.68 bits per heavy atom. The van der Waals surface area contributed by atoms with Gasteiger partial charge in [-0.25, -0.2) is 0 Å². The minimum absolute atomic E-state index is 0.0746. The molecule has 0 aliphatic heterocycles. The molecule has 8 heteroatoms. The number of nitro benzene ring substituents is 1. The summed E-state index contributed by atoms with van der Waals surface area (Å²) < 4.78 is 4.90. The fourth-order valence-electron chi connectivity index (χ4n) is 3.03. The van der Waals surface area contributed by atoms with Crippen molar-refractivity contribution in [3.8, 4) is 5.75 Å². The van der Waals surface area contributed by atoms with Crippen LogP contribution in [-0.2, 0) is 4.79 Å². The zero-order chi connectivity index (χ0) is 18.4. The zero-order valence-corrected chi connectivity index (χ0v) is 14.4. The van der Waals surface area contributed by atoms with Crippen LogP contribution in [0.4, 0.5) is 5.69 Å². The van der Waals surface area contributed by atoms with E-state index in [2.05, 4.69) is 17.6 Å². The molecule has 2 atom stereocenters. The average Bonchev–Trinajstić information content (AvgIpc) is 2.61. The predicted molar refractivity (Wildman–Crippen MR) is 91.5 cm³/mol. The van der Waals surface area contributed by atoms with E-state index in [1.54, 1.807) is 0 Å². The third-order valence-corrected chi connectivity index (χ3v) is 4.51. The number of nitrogens with one attached hydrogen (secondary N) is 2. The lowest BCUT2D eigenvalue weighted by Crippen LogP contribution is -2.45. The van der Waals surface area contributed by atoms with Gasteiger partial charge >= 0.3 is 5.69 Å². The van der Waals surface area contributed by atoms with Gasteiger partial charge in [0.2, 0.25) is 5.91 Å². The SMILES string of the molecule is COc1ccc(C(=O)NCC(=O)NC2CCCCC2C)cc1[N+](=O)[O-]. The van der Waals surface area contributed by atoms with E-state index in [9.17, 15) is 19.7 Å². The highest BCUT2D eigenvalue weighted by Crippen LogP contribution is 2.27. The van der Waals surface area contributed by atoms with Gasteiger partial charge < -0.3 is 15.4 Å². The molecule has 0 spiro atoms. The molecule has 136 valence electrons. The first kappa shape index (κ1) is 18.7. The van der Waals surface area contributed by atoms with Crippen molar-refractivity contribution in [3.05, 3.63) is 33.9 Å². The Morgan fingerprint density at radius 1 is 1.32 bits per heavy atom. The van der Waals surface area contributed by atoms with Gasteiger partial charge in [-0.05, 0) is 30.9 Å². The van der Waals surface area contributed by atoms with E-state index in [1.165, 1.54) is 25.7 Å². The minimum Gasteiger partial charge on any atom is -0.490 e. The lowest BCUT2D eigenvalue weighted by atomic mass is 9.86. The monoisotopic (exact) mass is 349 g/mol. The van der Waals surface area contributed by atoms with E-state index in [0.29, 0.717) is 5.92 Å². The molecule has 8 nitrogen and oxygen atoms in total. The largest absolute Gasteiger partial charge is 0.490 e. The van der Waals surface area contributed by atoms with Gasteiger partial charge in [-0.3, -0.25) is 19.7 Å². The predicted octanol–water partition coefficient (Wildman–Crippen LogP) is 2.03. The first-order valence-electron chi connectivity index (χ1n) is 8.32. The number of nitrogens with zero attached hydrogens (tertiary/aromatic N) is 1. The van der Waals surface area contributed by atoms with Gasteiger partial charge in [-0.1, -0.05) is 19.8 Å². The quantitative estimate of drug-likeness (QED) is 0.603. The Morgan fingerprint density at radius 2 is 2.04 bits per heavy atom. The molecule has 1 aliphatic rings. The number of hydrogen-bond donors (Lipinski definition) is 2. The van der Waals surface area contributed by atoms with Crippen LogP contribution in [0.15, 0.2) is 18.2 Å². The maximum atomic E-state index is 12.1. The highest BCUT2D eigenvalue weighted by Gasteiger charge is 2.23. The van der Waals surface area contributed by atoms with Crippen LogP contribution >= 0.6 is 0 Å². The van der Waals surface area contributed by atoms with Crippen molar-refractivity contribution in [2.75, 3.05) is 13.7 Å². The van der Waals surface area contributed by atoms with Gasteiger partial charge in [0, 0.05) is 17.7 Å². The molecule has 25 heavy (non-hydrogen) atoms. The fourth-order valence-corrected chi connectivity index (χ4v) is 3.03. The zero-order valence-electron chi connectivity index (χ0n) is 14.4. The number of carbonyl (C=O) groups excluding carboxylic acids is 2. The van der Waals surface area contributed by atoms with E-state index in [4.69, 9.17) is 4.74 Å². The van der Waals surface area contributed by atoms with Crippen LogP contribution in [0.2, 0.25) is 0 Å². The Balaban J connectivity index is 1.92. The number of rotatable bonds is 6. The van der Waals surface area contributed by atoms with Crippen LogP contribution in [-0.4, -0.2) is 36.4 Å². The van der Waals surface area contributed by atoms with Crippen molar-refractivity contribution in [1.29, 1.82) is 0 Å².